The molecule has 128 valence electrons. The summed E-state index contributed by atoms with van der Waals surface area (Å²) in [5, 5.41) is 3.38. The van der Waals surface area contributed by atoms with Crippen LogP contribution in [0, 0.1) is 6.92 Å². The molecule has 1 aromatic carbocycles. The van der Waals surface area contributed by atoms with E-state index >= 15 is 0 Å². The summed E-state index contributed by atoms with van der Waals surface area (Å²) in [4.78, 5) is 13.9. The molecule has 24 heavy (non-hydrogen) atoms. The molecule has 0 aliphatic carbocycles. The van der Waals surface area contributed by atoms with Gasteiger partial charge in [-0.2, -0.15) is 4.98 Å². The minimum absolute atomic E-state index is 0.747. The van der Waals surface area contributed by atoms with Gasteiger partial charge in [0.2, 0.25) is 5.95 Å². The topological polar surface area (TPSA) is 44.3 Å². The van der Waals surface area contributed by atoms with Crippen LogP contribution in [-0.4, -0.2) is 54.6 Å². The molecule has 0 amide bonds. The van der Waals surface area contributed by atoms with Crippen molar-refractivity contribution in [3.05, 3.63) is 47.7 Å². The zero-order valence-corrected chi connectivity index (χ0v) is 14.7. The molecule has 1 fully saturated rings. The molecule has 1 aromatic heterocycles. The van der Waals surface area contributed by atoms with Crippen molar-refractivity contribution in [3.8, 4) is 0 Å². The van der Waals surface area contributed by atoms with E-state index in [1.54, 1.807) is 0 Å². The second kappa shape index (κ2) is 8.11. The maximum absolute atomic E-state index is 4.71. The third kappa shape index (κ3) is 4.68. The van der Waals surface area contributed by atoms with Gasteiger partial charge in [-0.25, -0.2) is 4.98 Å². The lowest BCUT2D eigenvalue weighted by Crippen LogP contribution is -2.44. The number of hydrogen-bond donors (Lipinski definition) is 1. The lowest BCUT2D eigenvalue weighted by atomic mass is 10.1. The first kappa shape index (κ1) is 16.7. The van der Waals surface area contributed by atoms with Crippen molar-refractivity contribution in [1.82, 2.24) is 14.9 Å². The Bertz CT molecular complexity index is 635. The van der Waals surface area contributed by atoms with E-state index in [1.165, 1.54) is 5.56 Å². The highest BCUT2D eigenvalue weighted by atomic mass is 15.3. The summed E-state index contributed by atoms with van der Waals surface area (Å²) in [6, 6.07) is 12.7. The van der Waals surface area contributed by atoms with Crippen molar-refractivity contribution in [3.63, 3.8) is 0 Å². The van der Waals surface area contributed by atoms with Crippen molar-refractivity contribution < 1.29 is 0 Å². The number of aryl methyl sites for hydroxylation is 2. The minimum Gasteiger partial charge on any atom is -0.354 e. The van der Waals surface area contributed by atoms with Crippen molar-refractivity contribution >= 4 is 11.8 Å². The van der Waals surface area contributed by atoms with Gasteiger partial charge in [0.05, 0.1) is 0 Å². The van der Waals surface area contributed by atoms with Crippen LogP contribution >= 0.6 is 0 Å². The zero-order chi connectivity index (χ0) is 16.8. The van der Waals surface area contributed by atoms with Crippen molar-refractivity contribution in [1.29, 1.82) is 0 Å². The molecule has 1 aliphatic rings. The number of nitrogens with zero attached hydrogens (tertiary/aromatic N) is 4. The molecule has 2 aromatic rings. The Morgan fingerprint density at radius 3 is 2.54 bits per heavy atom. The van der Waals surface area contributed by atoms with Gasteiger partial charge < -0.3 is 15.1 Å². The SMILES string of the molecule is Cc1cc(N2CCN(C)CC2)nc(NCCCc2ccccc2)n1. The Hall–Kier alpha value is -2.14. The molecule has 0 atom stereocenters. The molecule has 1 N–H and O–H groups in total. The summed E-state index contributed by atoms with van der Waals surface area (Å²) >= 11 is 0. The fourth-order valence-corrected chi connectivity index (χ4v) is 2.97. The first-order chi connectivity index (χ1) is 11.7. The van der Waals surface area contributed by atoms with Gasteiger partial charge in [-0.1, -0.05) is 30.3 Å². The second-order valence-electron chi connectivity index (χ2n) is 6.50. The zero-order valence-electron chi connectivity index (χ0n) is 14.7. The highest BCUT2D eigenvalue weighted by Crippen LogP contribution is 2.16. The number of piperazine rings is 1. The van der Waals surface area contributed by atoms with Gasteiger partial charge in [-0.15, -0.1) is 0 Å². The van der Waals surface area contributed by atoms with Crippen molar-refractivity contribution in [2.75, 3.05) is 50.0 Å². The molecule has 5 heteroatoms. The monoisotopic (exact) mass is 325 g/mol. The van der Waals surface area contributed by atoms with Crippen molar-refractivity contribution in [2.45, 2.75) is 19.8 Å². The number of hydrogen-bond acceptors (Lipinski definition) is 5. The quantitative estimate of drug-likeness (QED) is 0.827. The molecule has 0 spiro atoms. The van der Waals surface area contributed by atoms with Crippen LogP contribution in [0.2, 0.25) is 0 Å². The van der Waals surface area contributed by atoms with E-state index in [0.717, 1.165) is 63.0 Å². The van der Waals surface area contributed by atoms with E-state index in [1.807, 2.05) is 6.92 Å². The summed E-state index contributed by atoms with van der Waals surface area (Å²) in [6.07, 6.45) is 2.15. The predicted octanol–water partition coefficient (Wildman–Crippen LogP) is 2.58. The summed E-state index contributed by atoms with van der Waals surface area (Å²) in [7, 11) is 2.17. The predicted molar refractivity (Wildman–Crippen MR) is 99.7 cm³/mol. The van der Waals surface area contributed by atoms with Gasteiger partial charge in [0.25, 0.3) is 0 Å². The number of nitrogens with one attached hydrogen (secondary N) is 1. The highest BCUT2D eigenvalue weighted by Gasteiger charge is 2.16. The third-order valence-corrected chi connectivity index (χ3v) is 4.44. The summed E-state index contributed by atoms with van der Waals surface area (Å²) < 4.78 is 0. The van der Waals surface area contributed by atoms with Gasteiger partial charge in [0.1, 0.15) is 5.82 Å². The standard InChI is InChI=1S/C19H27N5/c1-16-15-18(24-13-11-23(2)12-14-24)22-19(21-16)20-10-6-9-17-7-4-3-5-8-17/h3-5,7-8,15H,6,9-14H2,1-2H3,(H,20,21,22). The molecule has 3 rings (SSSR count). The summed E-state index contributed by atoms with van der Waals surface area (Å²) in [5.74, 6) is 1.79. The van der Waals surface area contributed by atoms with Crippen LogP contribution in [0.3, 0.4) is 0 Å². The Balaban J connectivity index is 1.54. The van der Waals surface area contributed by atoms with E-state index < -0.39 is 0 Å². The maximum Gasteiger partial charge on any atom is 0.224 e. The summed E-state index contributed by atoms with van der Waals surface area (Å²) in [6.45, 7) is 7.16. The van der Waals surface area contributed by atoms with Crippen LogP contribution in [0.5, 0.6) is 0 Å². The van der Waals surface area contributed by atoms with Crippen LogP contribution in [0.15, 0.2) is 36.4 Å². The van der Waals surface area contributed by atoms with Gasteiger partial charge >= 0.3 is 0 Å². The van der Waals surface area contributed by atoms with Crippen molar-refractivity contribution in [2.24, 2.45) is 0 Å². The van der Waals surface area contributed by atoms with E-state index in [-0.39, 0.29) is 0 Å². The average molecular weight is 325 g/mol. The average Bonchev–Trinajstić information content (AvgIpc) is 2.60. The first-order valence-corrected chi connectivity index (χ1v) is 8.78. The van der Waals surface area contributed by atoms with Crippen LogP contribution < -0.4 is 10.2 Å². The molecule has 2 heterocycles. The van der Waals surface area contributed by atoms with E-state index in [9.17, 15) is 0 Å². The van der Waals surface area contributed by atoms with E-state index in [0.29, 0.717) is 0 Å². The number of likely N-dealkylation sites (N-methyl/N-ethyl adjacent to an activating group) is 1. The molecule has 0 unspecified atom stereocenters. The van der Waals surface area contributed by atoms with E-state index in [4.69, 9.17) is 4.98 Å². The molecule has 0 bridgehead atoms. The van der Waals surface area contributed by atoms with Crippen LogP contribution in [-0.2, 0) is 6.42 Å². The summed E-state index contributed by atoms with van der Waals surface area (Å²) in [5.41, 5.74) is 2.40. The number of aromatic nitrogens is 2. The number of anilines is 2. The fourth-order valence-electron chi connectivity index (χ4n) is 2.97. The Morgan fingerprint density at radius 2 is 1.79 bits per heavy atom. The molecular weight excluding hydrogens is 298 g/mol. The largest absolute Gasteiger partial charge is 0.354 e. The van der Waals surface area contributed by atoms with Gasteiger partial charge in [0.15, 0.2) is 0 Å². The van der Waals surface area contributed by atoms with Gasteiger partial charge in [-0.05, 0) is 32.4 Å². The van der Waals surface area contributed by atoms with Crippen LogP contribution in [0.1, 0.15) is 17.7 Å². The molecule has 0 radical (unpaired) electrons. The normalized spacial score (nSPS) is 15.5. The molecule has 1 saturated heterocycles. The smallest absolute Gasteiger partial charge is 0.224 e. The fraction of sp³-hybridized carbons (Fsp3) is 0.474. The number of benzene rings is 1. The molecule has 1 aliphatic heterocycles. The highest BCUT2D eigenvalue weighted by molar-refractivity contribution is 5.45. The first-order valence-electron chi connectivity index (χ1n) is 8.78. The maximum atomic E-state index is 4.71. The molecule has 5 nitrogen and oxygen atoms in total. The Morgan fingerprint density at radius 1 is 1.04 bits per heavy atom. The lowest BCUT2D eigenvalue weighted by molar-refractivity contribution is 0.312. The Labute approximate surface area is 144 Å². The van der Waals surface area contributed by atoms with Gasteiger partial charge in [0, 0.05) is 44.5 Å². The van der Waals surface area contributed by atoms with E-state index in [2.05, 4.69) is 63.5 Å². The lowest BCUT2D eigenvalue weighted by Gasteiger charge is -2.33. The second-order valence-corrected chi connectivity index (χ2v) is 6.50. The van der Waals surface area contributed by atoms with Gasteiger partial charge in [-0.3, -0.25) is 0 Å². The minimum atomic E-state index is 0.747. The van der Waals surface area contributed by atoms with Crippen LogP contribution in [0.25, 0.3) is 0 Å². The van der Waals surface area contributed by atoms with Crippen LogP contribution in [0.4, 0.5) is 11.8 Å². The number of rotatable bonds is 6. The Kier molecular flexibility index (Phi) is 5.64. The third-order valence-electron chi connectivity index (χ3n) is 4.44. The molecule has 0 saturated carbocycles. The molecular formula is C19H27N5.